The molecule has 1 heterocycles. The van der Waals surface area contributed by atoms with E-state index >= 15 is 0 Å². The summed E-state index contributed by atoms with van der Waals surface area (Å²) in [7, 11) is 0. The molecule has 13 heavy (non-hydrogen) atoms. The molecule has 1 saturated heterocycles. The van der Waals surface area contributed by atoms with Crippen LogP contribution in [0.4, 0.5) is 0 Å². The first-order valence-corrected chi connectivity index (χ1v) is 5.32. The molecule has 0 radical (unpaired) electrons. The molecule has 0 aromatic rings. The fourth-order valence-corrected chi connectivity index (χ4v) is 1.95. The molecule has 1 aliphatic heterocycles. The molecule has 1 saturated carbocycles. The van der Waals surface area contributed by atoms with E-state index in [1.807, 2.05) is 0 Å². The lowest BCUT2D eigenvalue weighted by Gasteiger charge is -2.30. The molecule has 0 aromatic heterocycles. The summed E-state index contributed by atoms with van der Waals surface area (Å²) in [5.41, 5.74) is 0. The van der Waals surface area contributed by atoms with Crippen molar-refractivity contribution in [3.8, 4) is 0 Å². The van der Waals surface area contributed by atoms with Gasteiger partial charge in [0.1, 0.15) is 5.78 Å². The lowest BCUT2D eigenvalue weighted by molar-refractivity contribution is -0.126. The molecule has 0 spiro atoms. The van der Waals surface area contributed by atoms with Gasteiger partial charge in [0, 0.05) is 32.1 Å². The molecular weight excluding hydrogens is 164 g/mol. The van der Waals surface area contributed by atoms with Crippen molar-refractivity contribution in [1.82, 2.24) is 10.2 Å². The van der Waals surface area contributed by atoms with Crippen LogP contribution < -0.4 is 5.32 Å². The van der Waals surface area contributed by atoms with Crippen molar-refractivity contribution >= 4 is 5.78 Å². The van der Waals surface area contributed by atoms with E-state index < -0.39 is 0 Å². The third-order valence-corrected chi connectivity index (χ3v) is 3.15. The maximum atomic E-state index is 11.6. The second kappa shape index (κ2) is 4.20. The van der Waals surface area contributed by atoms with Crippen molar-refractivity contribution in [3.05, 3.63) is 0 Å². The lowest BCUT2D eigenvalue weighted by atomic mass is 9.82. The number of nitrogens with zero attached hydrogens (tertiary/aromatic N) is 1. The summed E-state index contributed by atoms with van der Waals surface area (Å²) >= 11 is 0. The van der Waals surface area contributed by atoms with Crippen LogP contribution in [0.15, 0.2) is 0 Å². The van der Waals surface area contributed by atoms with Crippen LogP contribution >= 0.6 is 0 Å². The average Bonchev–Trinajstić information content (AvgIpc) is 2.02. The van der Waals surface area contributed by atoms with E-state index in [0.717, 1.165) is 39.0 Å². The Morgan fingerprint density at radius 3 is 2.54 bits per heavy atom. The number of rotatable bonds is 3. The SMILES string of the molecule is O=C(CN1CCNCC1)C1CCC1. The van der Waals surface area contributed by atoms with Crippen LogP contribution in [-0.2, 0) is 4.79 Å². The van der Waals surface area contributed by atoms with Gasteiger partial charge in [-0.25, -0.2) is 0 Å². The molecule has 2 rings (SSSR count). The minimum Gasteiger partial charge on any atom is -0.314 e. The van der Waals surface area contributed by atoms with E-state index in [0.29, 0.717) is 18.2 Å². The molecule has 3 heteroatoms. The number of ketones is 1. The molecule has 3 nitrogen and oxygen atoms in total. The summed E-state index contributed by atoms with van der Waals surface area (Å²) in [6, 6.07) is 0. The van der Waals surface area contributed by atoms with Gasteiger partial charge in [-0.3, -0.25) is 9.69 Å². The Bertz CT molecular complexity index is 183. The van der Waals surface area contributed by atoms with Crippen molar-refractivity contribution < 1.29 is 4.79 Å². The number of Topliss-reactive ketones (excluding diaryl/α,β-unsaturated/α-hetero) is 1. The van der Waals surface area contributed by atoms with Gasteiger partial charge in [-0.2, -0.15) is 0 Å². The molecule has 2 aliphatic rings. The first-order chi connectivity index (χ1) is 6.36. The normalized spacial score (nSPS) is 25.5. The van der Waals surface area contributed by atoms with Gasteiger partial charge in [-0.1, -0.05) is 6.42 Å². The Labute approximate surface area is 79.5 Å². The fourth-order valence-electron chi connectivity index (χ4n) is 1.95. The summed E-state index contributed by atoms with van der Waals surface area (Å²) in [5, 5.41) is 3.29. The second-order valence-corrected chi connectivity index (χ2v) is 4.12. The first-order valence-electron chi connectivity index (χ1n) is 5.32. The molecule has 0 bridgehead atoms. The van der Waals surface area contributed by atoms with Crippen LogP contribution in [0.25, 0.3) is 0 Å². The van der Waals surface area contributed by atoms with E-state index in [2.05, 4.69) is 10.2 Å². The van der Waals surface area contributed by atoms with E-state index in [4.69, 9.17) is 0 Å². The average molecular weight is 182 g/mol. The number of nitrogens with one attached hydrogen (secondary N) is 1. The molecule has 1 aliphatic carbocycles. The molecule has 2 fully saturated rings. The summed E-state index contributed by atoms with van der Waals surface area (Å²) in [4.78, 5) is 13.9. The topological polar surface area (TPSA) is 32.3 Å². The van der Waals surface area contributed by atoms with Crippen molar-refractivity contribution in [2.24, 2.45) is 5.92 Å². The molecule has 74 valence electrons. The van der Waals surface area contributed by atoms with Gasteiger partial charge in [0.2, 0.25) is 0 Å². The highest BCUT2D eigenvalue weighted by molar-refractivity contribution is 5.83. The third-order valence-electron chi connectivity index (χ3n) is 3.15. The van der Waals surface area contributed by atoms with Gasteiger partial charge in [0.15, 0.2) is 0 Å². The summed E-state index contributed by atoms with van der Waals surface area (Å²) in [6.45, 7) is 4.86. The van der Waals surface area contributed by atoms with Crippen molar-refractivity contribution in [1.29, 1.82) is 0 Å². The van der Waals surface area contributed by atoms with Gasteiger partial charge < -0.3 is 5.32 Å². The van der Waals surface area contributed by atoms with E-state index in [-0.39, 0.29) is 0 Å². The van der Waals surface area contributed by atoms with Crippen molar-refractivity contribution in [3.63, 3.8) is 0 Å². The number of hydrogen-bond donors (Lipinski definition) is 1. The first kappa shape index (κ1) is 9.16. The zero-order chi connectivity index (χ0) is 9.10. The Kier molecular flexibility index (Phi) is 2.96. The van der Waals surface area contributed by atoms with Crippen LogP contribution in [0.5, 0.6) is 0 Å². The van der Waals surface area contributed by atoms with Gasteiger partial charge in [-0.05, 0) is 12.8 Å². The van der Waals surface area contributed by atoms with Crippen LogP contribution in [0, 0.1) is 5.92 Å². The zero-order valence-corrected chi connectivity index (χ0v) is 8.09. The maximum Gasteiger partial charge on any atom is 0.149 e. The van der Waals surface area contributed by atoms with Gasteiger partial charge in [-0.15, -0.1) is 0 Å². The van der Waals surface area contributed by atoms with Crippen molar-refractivity contribution in [2.75, 3.05) is 32.7 Å². The van der Waals surface area contributed by atoms with Crippen LogP contribution in [-0.4, -0.2) is 43.4 Å². The largest absolute Gasteiger partial charge is 0.314 e. The monoisotopic (exact) mass is 182 g/mol. The van der Waals surface area contributed by atoms with Gasteiger partial charge in [0.05, 0.1) is 6.54 Å². The second-order valence-electron chi connectivity index (χ2n) is 4.12. The highest BCUT2D eigenvalue weighted by Crippen LogP contribution is 2.27. The van der Waals surface area contributed by atoms with E-state index in [9.17, 15) is 4.79 Å². The Morgan fingerprint density at radius 1 is 1.31 bits per heavy atom. The number of hydrogen-bond acceptors (Lipinski definition) is 3. The molecule has 0 unspecified atom stereocenters. The van der Waals surface area contributed by atoms with Gasteiger partial charge in [0.25, 0.3) is 0 Å². The lowest BCUT2D eigenvalue weighted by Crippen LogP contribution is -2.46. The molecule has 0 amide bonds. The zero-order valence-electron chi connectivity index (χ0n) is 8.09. The quantitative estimate of drug-likeness (QED) is 0.679. The molecular formula is C10H18N2O. The van der Waals surface area contributed by atoms with E-state index in [1.165, 1.54) is 6.42 Å². The standard InChI is InChI=1S/C10H18N2O/c13-10(9-2-1-3-9)8-12-6-4-11-5-7-12/h9,11H,1-8H2. The molecule has 0 atom stereocenters. The van der Waals surface area contributed by atoms with Crippen LogP contribution in [0.2, 0.25) is 0 Å². The minimum atomic E-state index is 0.412. The fraction of sp³-hybridized carbons (Fsp3) is 0.900. The van der Waals surface area contributed by atoms with E-state index in [1.54, 1.807) is 0 Å². The van der Waals surface area contributed by atoms with Gasteiger partial charge >= 0.3 is 0 Å². The number of carbonyl (C=O) groups excluding carboxylic acids is 1. The summed E-state index contributed by atoms with van der Waals surface area (Å²) in [5.74, 6) is 0.892. The molecule has 1 N–H and O–H groups in total. The Balaban J connectivity index is 1.72. The summed E-state index contributed by atoms with van der Waals surface area (Å²) in [6.07, 6.45) is 3.55. The maximum absolute atomic E-state index is 11.6. The van der Waals surface area contributed by atoms with Crippen LogP contribution in [0.3, 0.4) is 0 Å². The Hall–Kier alpha value is -0.410. The van der Waals surface area contributed by atoms with Crippen LogP contribution in [0.1, 0.15) is 19.3 Å². The Morgan fingerprint density at radius 2 is 2.00 bits per heavy atom. The minimum absolute atomic E-state index is 0.412. The highest BCUT2D eigenvalue weighted by Gasteiger charge is 2.26. The number of piperazine rings is 1. The predicted molar refractivity (Wildman–Crippen MR) is 51.7 cm³/mol. The predicted octanol–water partition coefficient (Wildman–Crippen LogP) is 0.261. The summed E-state index contributed by atoms with van der Waals surface area (Å²) < 4.78 is 0. The highest BCUT2D eigenvalue weighted by atomic mass is 16.1. The van der Waals surface area contributed by atoms with Crippen molar-refractivity contribution in [2.45, 2.75) is 19.3 Å². The molecule has 0 aromatic carbocycles. The third kappa shape index (κ3) is 2.29. The number of carbonyl (C=O) groups is 1. The smallest absolute Gasteiger partial charge is 0.149 e.